The molecular weight excluding hydrogens is 606 g/mol. The molecule has 5 nitrogen and oxygen atoms in total. The molecule has 1 amide bonds. The van der Waals surface area contributed by atoms with Crippen LogP contribution in [0.3, 0.4) is 0 Å². The molecule has 1 fully saturated rings. The predicted octanol–water partition coefficient (Wildman–Crippen LogP) is 10.4. The van der Waals surface area contributed by atoms with E-state index in [2.05, 4.69) is 33.9 Å². The topological polar surface area (TPSA) is 48.0 Å². The van der Waals surface area contributed by atoms with Crippen molar-refractivity contribution in [2.75, 3.05) is 12.0 Å². The molecule has 4 aromatic carbocycles. The van der Waals surface area contributed by atoms with Crippen molar-refractivity contribution < 1.29 is 23.1 Å². The predicted molar refractivity (Wildman–Crippen MR) is 190 cm³/mol. The summed E-state index contributed by atoms with van der Waals surface area (Å²) in [7, 11) is -0.466. The molecule has 0 spiro atoms. The first-order valence-corrected chi connectivity index (χ1v) is 19.5. The van der Waals surface area contributed by atoms with Crippen LogP contribution < -0.4 is 14.4 Å². The van der Waals surface area contributed by atoms with Crippen LogP contribution in [0.15, 0.2) is 103 Å². The van der Waals surface area contributed by atoms with Crippen molar-refractivity contribution in [3.05, 3.63) is 126 Å². The highest BCUT2D eigenvalue weighted by molar-refractivity contribution is 6.74. The van der Waals surface area contributed by atoms with Gasteiger partial charge in [-0.05, 0) is 84.4 Å². The van der Waals surface area contributed by atoms with Gasteiger partial charge >= 0.3 is 0 Å². The summed E-state index contributed by atoms with van der Waals surface area (Å²) in [4.78, 5) is 15.8. The Morgan fingerprint density at radius 1 is 0.915 bits per heavy atom. The standard InChI is InChI=1S/C40H48FNO4Si/c1-40(2,3)47(5,6)46-36(30-20-22-32(41)23-21-30)19-13-16-31-26-38(43)42(33-17-11-8-12-18-33)39(31)35-25-24-34(44-4)27-37(35)45-28-29-14-9-7-10-15-29/h7-12,14-15,17-18,20-25,27,31,36,39H,13,16,19,26,28H2,1-6H3/t31-,36+,39-/m0/s1. The van der Waals surface area contributed by atoms with Gasteiger partial charge in [0.2, 0.25) is 5.91 Å². The Morgan fingerprint density at radius 3 is 2.21 bits per heavy atom. The number of halogens is 1. The van der Waals surface area contributed by atoms with Crippen LogP contribution in [0.25, 0.3) is 0 Å². The van der Waals surface area contributed by atoms with E-state index in [-0.39, 0.29) is 34.8 Å². The van der Waals surface area contributed by atoms with Crippen LogP contribution in [-0.4, -0.2) is 21.3 Å². The number of rotatable bonds is 13. The Hall–Kier alpha value is -3.94. The van der Waals surface area contributed by atoms with E-state index in [1.807, 2.05) is 95.9 Å². The Labute approximate surface area is 280 Å². The number of hydrogen-bond donors (Lipinski definition) is 0. The van der Waals surface area contributed by atoms with Gasteiger partial charge in [0, 0.05) is 23.7 Å². The molecule has 0 radical (unpaired) electrons. The minimum atomic E-state index is -2.12. The second-order valence-electron chi connectivity index (χ2n) is 14.0. The van der Waals surface area contributed by atoms with Crippen molar-refractivity contribution in [2.24, 2.45) is 5.92 Å². The number of carbonyl (C=O) groups excluding carboxylic acids is 1. The second kappa shape index (κ2) is 14.9. The smallest absolute Gasteiger partial charge is 0.227 e. The molecule has 4 aromatic rings. The minimum absolute atomic E-state index is 0.0367. The number of para-hydroxylation sites is 1. The lowest BCUT2D eigenvalue weighted by Gasteiger charge is -2.39. The summed E-state index contributed by atoms with van der Waals surface area (Å²) >= 11 is 0. The Balaban J connectivity index is 1.44. The first-order valence-electron chi connectivity index (χ1n) is 16.6. The van der Waals surface area contributed by atoms with Crippen molar-refractivity contribution in [1.82, 2.24) is 0 Å². The van der Waals surface area contributed by atoms with Crippen molar-refractivity contribution in [3.63, 3.8) is 0 Å². The Kier molecular flexibility index (Phi) is 10.9. The molecule has 47 heavy (non-hydrogen) atoms. The third kappa shape index (κ3) is 8.32. The summed E-state index contributed by atoms with van der Waals surface area (Å²) in [6.07, 6.45) is 2.74. The SMILES string of the molecule is COc1ccc([C@@H]2[C@@H](CCC[C@@H](O[Si](C)(C)C(C)(C)C)c3ccc(F)cc3)CC(=O)N2c2ccccc2)c(OCc2ccccc2)c1. The molecule has 0 saturated carbocycles. The first-order chi connectivity index (χ1) is 22.5. The zero-order valence-electron chi connectivity index (χ0n) is 28.5. The van der Waals surface area contributed by atoms with Crippen molar-refractivity contribution in [2.45, 2.75) is 83.3 Å². The first kappa shape index (κ1) is 34.4. The molecule has 0 bridgehead atoms. The van der Waals surface area contributed by atoms with Gasteiger partial charge in [0.1, 0.15) is 23.9 Å². The Bertz CT molecular complexity index is 1610. The lowest BCUT2D eigenvalue weighted by atomic mass is 9.87. The number of methoxy groups -OCH3 is 1. The van der Waals surface area contributed by atoms with Crippen molar-refractivity contribution in [3.8, 4) is 11.5 Å². The quantitative estimate of drug-likeness (QED) is 0.135. The molecule has 1 heterocycles. The van der Waals surface area contributed by atoms with Crippen LogP contribution in [0, 0.1) is 11.7 Å². The van der Waals surface area contributed by atoms with E-state index in [9.17, 15) is 9.18 Å². The summed E-state index contributed by atoms with van der Waals surface area (Å²) in [6, 6.07) is 32.4. The highest BCUT2D eigenvalue weighted by Crippen LogP contribution is 2.48. The van der Waals surface area contributed by atoms with Gasteiger partial charge in [-0.3, -0.25) is 4.79 Å². The lowest BCUT2D eigenvalue weighted by molar-refractivity contribution is -0.117. The molecule has 0 N–H and O–H groups in total. The largest absolute Gasteiger partial charge is 0.497 e. The third-order valence-corrected chi connectivity index (χ3v) is 14.3. The summed E-state index contributed by atoms with van der Waals surface area (Å²) in [5.41, 5.74) is 3.90. The molecule has 1 aliphatic heterocycles. The van der Waals surface area contributed by atoms with Gasteiger partial charge < -0.3 is 18.8 Å². The zero-order chi connectivity index (χ0) is 33.6. The van der Waals surface area contributed by atoms with Crippen molar-refractivity contribution in [1.29, 1.82) is 0 Å². The third-order valence-electron chi connectivity index (χ3n) is 9.77. The molecule has 1 aliphatic rings. The Morgan fingerprint density at radius 2 is 1.57 bits per heavy atom. The molecule has 7 heteroatoms. The fourth-order valence-electron chi connectivity index (χ4n) is 6.16. The van der Waals surface area contributed by atoms with E-state index >= 15 is 0 Å². The highest BCUT2D eigenvalue weighted by atomic mass is 28.4. The molecule has 0 unspecified atom stereocenters. The highest BCUT2D eigenvalue weighted by Gasteiger charge is 2.43. The zero-order valence-corrected chi connectivity index (χ0v) is 29.5. The van der Waals surface area contributed by atoms with Gasteiger partial charge in [0.25, 0.3) is 0 Å². The number of anilines is 1. The van der Waals surface area contributed by atoms with Crippen LogP contribution in [-0.2, 0) is 15.8 Å². The van der Waals surface area contributed by atoms with E-state index in [1.54, 1.807) is 7.11 Å². The van der Waals surface area contributed by atoms with Gasteiger partial charge in [0.05, 0.1) is 19.3 Å². The van der Waals surface area contributed by atoms with E-state index < -0.39 is 8.32 Å². The monoisotopic (exact) mass is 653 g/mol. The van der Waals surface area contributed by atoms with Gasteiger partial charge in [-0.25, -0.2) is 4.39 Å². The maximum atomic E-state index is 13.9. The van der Waals surface area contributed by atoms with Crippen LogP contribution in [0.1, 0.15) is 75.3 Å². The van der Waals surface area contributed by atoms with Crippen LogP contribution in [0.4, 0.5) is 10.1 Å². The van der Waals surface area contributed by atoms with Crippen LogP contribution in [0.2, 0.25) is 18.1 Å². The number of ether oxygens (including phenoxy) is 2. The van der Waals surface area contributed by atoms with E-state index in [0.29, 0.717) is 24.5 Å². The number of hydrogen-bond acceptors (Lipinski definition) is 4. The maximum absolute atomic E-state index is 13.9. The van der Waals surface area contributed by atoms with Gasteiger partial charge in [0.15, 0.2) is 8.32 Å². The van der Waals surface area contributed by atoms with Crippen LogP contribution >= 0.6 is 0 Å². The average molecular weight is 654 g/mol. The fraction of sp³-hybridized carbons (Fsp3) is 0.375. The fourth-order valence-corrected chi connectivity index (χ4v) is 7.48. The molecule has 5 rings (SSSR count). The maximum Gasteiger partial charge on any atom is 0.227 e. The van der Waals surface area contributed by atoms with Gasteiger partial charge in [-0.15, -0.1) is 0 Å². The molecule has 248 valence electrons. The summed E-state index contributed by atoms with van der Waals surface area (Å²) in [5, 5.41) is 0.0367. The summed E-state index contributed by atoms with van der Waals surface area (Å²) < 4.78 is 32.9. The molecule has 1 saturated heterocycles. The normalized spacial score (nSPS) is 17.5. The number of amides is 1. The van der Waals surface area contributed by atoms with E-state index in [0.717, 1.165) is 41.6 Å². The summed E-state index contributed by atoms with van der Waals surface area (Å²) in [5.74, 6) is 1.32. The minimum Gasteiger partial charge on any atom is -0.497 e. The van der Waals surface area contributed by atoms with Crippen molar-refractivity contribution >= 4 is 19.9 Å². The molecule has 3 atom stereocenters. The number of nitrogens with zero attached hydrogens (tertiary/aromatic N) is 1. The van der Waals surface area contributed by atoms with E-state index in [4.69, 9.17) is 13.9 Å². The molecular formula is C40H48FNO4Si. The average Bonchev–Trinajstić information content (AvgIpc) is 3.39. The van der Waals surface area contributed by atoms with Crippen LogP contribution in [0.5, 0.6) is 11.5 Å². The van der Waals surface area contributed by atoms with E-state index in [1.165, 1.54) is 12.1 Å². The summed E-state index contributed by atoms with van der Waals surface area (Å²) in [6.45, 7) is 11.6. The second-order valence-corrected chi connectivity index (χ2v) is 18.8. The molecule has 0 aromatic heterocycles. The van der Waals surface area contributed by atoms with Gasteiger partial charge in [-0.2, -0.15) is 0 Å². The lowest BCUT2D eigenvalue weighted by Crippen LogP contribution is -2.41. The number of benzene rings is 4. The van der Waals surface area contributed by atoms with Gasteiger partial charge in [-0.1, -0.05) is 87.9 Å². The number of carbonyl (C=O) groups is 1. The molecule has 0 aliphatic carbocycles.